The van der Waals surface area contributed by atoms with E-state index >= 15 is 0 Å². The molecule has 0 fully saturated rings. The summed E-state index contributed by atoms with van der Waals surface area (Å²) in [7, 11) is 3.23. The second-order valence-electron chi connectivity index (χ2n) is 5.06. The van der Waals surface area contributed by atoms with Crippen LogP contribution in [0.25, 0.3) is 0 Å². The van der Waals surface area contributed by atoms with Crippen LogP contribution < -0.4 is 5.32 Å². The minimum absolute atomic E-state index is 0.0936. The zero-order chi connectivity index (χ0) is 15.4. The van der Waals surface area contributed by atoms with Crippen molar-refractivity contribution in [3.05, 3.63) is 34.9 Å². The number of carbonyl (C=O) groups excluding carboxylic acids is 2. The first-order valence-electron chi connectivity index (χ1n) is 6.69. The first-order chi connectivity index (χ1) is 10.0. The normalized spacial score (nSPS) is 15.8. The lowest BCUT2D eigenvalue weighted by atomic mass is 10.0. The Balaban J connectivity index is 1.96. The quantitative estimate of drug-likeness (QED) is 0.910. The zero-order valence-electron chi connectivity index (χ0n) is 12.0. The fourth-order valence-corrected chi connectivity index (χ4v) is 2.32. The molecule has 1 unspecified atom stereocenters. The number of carbonyl (C=O) groups is 2. The highest BCUT2D eigenvalue weighted by molar-refractivity contribution is 5.81. The Kier molecular flexibility index (Phi) is 4.43. The molecule has 1 N–H and O–H groups in total. The molecule has 6 nitrogen and oxygen atoms in total. The summed E-state index contributed by atoms with van der Waals surface area (Å²) in [4.78, 5) is 24.5. The molecule has 2 rings (SSSR count). The van der Waals surface area contributed by atoms with Crippen LogP contribution in [-0.4, -0.2) is 37.5 Å². The van der Waals surface area contributed by atoms with Crippen LogP contribution in [0.15, 0.2) is 18.2 Å². The standard InChI is InChI=1S/C15H17N3O3/c1-18(2)14(19)9-17-15(20)21-13-7-6-11-10(8-16)4-3-5-12(11)13/h3-5,13H,6-7,9H2,1-2H3,(H,17,20). The summed E-state index contributed by atoms with van der Waals surface area (Å²) in [6, 6.07) is 7.56. The molecule has 0 bridgehead atoms. The average molecular weight is 287 g/mol. The van der Waals surface area contributed by atoms with Crippen molar-refractivity contribution in [3.8, 4) is 6.07 Å². The topological polar surface area (TPSA) is 82.4 Å². The van der Waals surface area contributed by atoms with E-state index < -0.39 is 6.09 Å². The Bertz CT molecular complexity index is 605. The van der Waals surface area contributed by atoms with Gasteiger partial charge in [-0.05, 0) is 30.0 Å². The van der Waals surface area contributed by atoms with Crippen molar-refractivity contribution < 1.29 is 14.3 Å². The average Bonchev–Trinajstić information content (AvgIpc) is 2.87. The molecule has 0 aromatic heterocycles. The van der Waals surface area contributed by atoms with Crippen molar-refractivity contribution in [2.24, 2.45) is 0 Å². The van der Waals surface area contributed by atoms with Crippen LogP contribution in [0.3, 0.4) is 0 Å². The van der Waals surface area contributed by atoms with Crippen molar-refractivity contribution in [1.82, 2.24) is 10.2 Å². The number of alkyl carbamates (subject to hydrolysis) is 1. The maximum absolute atomic E-state index is 11.7. The third-order valence-corrected chi connectivity index (χ3v) is 3.47. The van der Waals surface area contributed by atoms with Gasteiger partial charge in [0.15, 0.2) is 0 Å². The highest BCUT2D eigenvalue weighted by Gasteiger charge is 2.27. The smallest absolute Gasteiger partial charge is 0.408 e. The van der Waals surface area contributed by atoms with Crippen LogP contribution in [0.4, 0.5) is 4.79 Å². The van der Waals surface area contributed by atoms with Gasteiger partial charge < -0.3 is 15.0 Å². The van der Waals surface area contributed by atoms with Crippen LogP contribution in [0.5, 0.6) is 0 Å². The van der Waals surface area contributed by atoms with Gasteiger partial charge >= 0.3 is 6.09 Å². The molecule has 1 aliphatic carbocycles. The first-order valence-corrected chi connectivity index (χ1v) is 6.69. The van der Waals surface area contributed by atoms with Crippen LogP contribution in [0, 0.1) is 11.3 Å². The SMILES string of the molecule is CN(C)C(=O)CNC(=O)OC1CCc2c(C#N)cccc21. The number of hydrogen-bond donors (Lipinski definition) is 1. The van der Waals surface area contributed by atoms with Crippen molar-refractivity contribution in [3.63, 3.8) is 0 Å². The number of nitriles is 1. The number of benzene rings is 1. The van der Waals surface area contributed by atoms with Gasteiger partial charge in [-0.1, -0.05) is 12.1 Å². The largest absolute Gasteiger partial charge is 0.441 e. The van der Waals surface area contributed by atoms with E-state index in [1.807, 2.05) is 6.07 Å². The number of fused-ring (bicyclic) bond motifs is 1. The van der Waals surface area contributed by atoms with E-state index in [-0.39, 0.29) is 18.6 Å². The molecule has 1 aliphatic rings. The number of likely N-dealkylation sites (N-methyl/N-ethyl adjacent to an activating group) is 1. The van der Waals surface area contributed by atoms with E-state index in [2.05, 4.69) is 11.4 Å². The third kappa shape index (κ3) is 3.31. The lowest BCUT2D eigenvalue weighted by Gasteiger charge is -2.15. The van der Waals surface area contributed by atoms with E-state index in [0.29, 0.717) is 18.4 Å². The van der Waals surface area contributed by atoms with Crippen molar-refractivity contribution in [2.75, 3.05) is 20.6 Å². The molecule has 0 heterocycles. The van der Waals surface area contributed by atoms with Crippen LogP contribution in [-0.2, 0) is 16.0 Å². The molecule has 1 aromatic rings. The molecule has 2 amide bonds. The van der Waals surface area contributed by atoms with Crippen molar-refractivity contribution >= 4 is 12.0 Å². The Morgan fingerprint density at radius 2 is 2.24 bits per heavy atom. The maximum atomic E-state index is 11.7. The molecular formula is C15H17N3O3. The molecule has 0 saturated heterocycles. The highest BCUT2D eigenvalue weighted by Crippen LogP contribution is 2.35. The van der Waals surface area contributed by atoms with E-state index in [9.17, 15) is 9.59 Å². The molecule has 21 heavy (non-hydrogen) atoms. The summed E-state index contributed by atoms with van der Waals surface area (Å²) >= 11 is 0. The molecular weight excluding hydrogens is 270 g/mol. The van der Waals surface area contributed by atoms with Gasteiger partial charge in [-0.25, -0.2) is 4.79 Å². The minimum atomic E-state index is -0.620. The predicted octanol–water partition coefficient (Wildman–Crippen LogP) is 1.36. The molecule has 1 aromatic carbocycles. The van der Waals surface area contributed by atoms with Gasteiger partial charge in [0.2, 0.25) is 5.91 Å². The fraction of sp³-hybridized carbons (Fsp3) is 0.400. The number of hydrogen-bond acceptors (Lipinski definition) is 4. The summed E-state index contributed by atoms with van der Waals surface area (Å²) in [5.74, 6) is -0.203. The van der Waals surface area contributed by atoms with Crippen molar-refractivity contribution in [2.45, 2.75) is 18.9 Å². The number of ether oxygens (including phenoxy) is 1. The highest BCUT2D eigenvalue weighted by atomic mass is 16.6. The zero-order valence-corrected chi connectivity index (χ0v) is 12.0. The van der Waals surface area contributed by atoms with Gasteiger partial charge in [0, 0.05) is 14.1 Å². The Morgan fingerprint density at radius 3 is 2.90 bits per heavy atom. The second kappa shape index (κ2) is 6.27. The summed E-state index contributed by atoms with van der Waals surface area (Å²) in [5, 5.41) is 11.5. The third-order valence-electron chi connectivity index (χ3n) is 3.47. The van der Waals surface area contributed by atoms with Crippen LogP contribution in [0.1, 0.15) is 29.2 Å². The lowest BCUT2D eigenvalue weighted by molar-refractivity contribution is -0.127. The Labute approximate surface area is 123 Å². The van der Waals surface area contributed by atoms with Gasteiger partial charge in [0.25, 0.3) is 0 Å². The van der Waals surface area contributed by atoms with Gasteiger partial charge in [0.05, 0.1) is 11.6 Å². The predicted molar refractivity (Wildman–Crippen MR) is 75.4 cm³/mol. The monoisotopic (exact) mass is 287 g/mol. The Hall–Kier alpha value is -2.55. The first kappa shape index (κ1) is 14.9. The van der Waals surface area contributed by atoms with Crippen LogP contribution >= 0.6 is 0 Å². The maximum Gasteiger partial charge on any atom is 0.408 e. The fourth-order valence-electron chi connectivity index (χ4n) is 2.32. The molecule has 0 saturated carbocycles. The van der Waals surface area contributed by atoms with Gasteiger partial charge in [0.1, 0.15) is 12.6 Å². The molecule has 6 heteroatoms. The number of nitrogens with zero attached hydrogens (tertiary/aromatic N) is 2. The van der Waals surface area contributed by atoms with E-state index in [4.69, 9.17) is 10.00 Å². The van der Waals surface area contributed by atoms with Gasteiger partial charge in [-0.3, -0.25) is 4.79 Å². The summed E-state index contributed by atoms with van der Waals surface area (Å²) < 4.78 is 5.34. The summed E-state index contributed by atoms with van der Waals surface area (Å²) in [6.45, 7) is -0.0936. The van der Waals surface area contributed by atoms with E-state index in [1.54, 1.807) is 26.2 Å². The molecule has 0 aliphatic heterocycles. The number of rotatable bonds is 3. The molecule has 0 spiro atoms. The van der Waals surface area contributed by atoms with Gasteiger partial charge in [-0.2, -0.15) is 5.26 Å². The van der Waals surface area contributed by atoms with Crippen LogP contribution in [0.2, 0.25) is 0 Å². The van der Waals surface area contributed by atoms with E-state index in [0.717, 1.165) is 11.1 Å². The lowest BCUT2D eigenvalue weighted by Crippen LogP contribution is -2.36. The van der Waals surface area contributed by atoms with Gasteiger partial charge in [-0.15, -0.1) is 0 Å². The summed E-state index contributed by atoms with van der Waals surface area (Å²) in [5.41, 5.74) is 2.45. The minimum Gasteiger partial charge on any atom is -0.441 e. The number of nitrogens with one attached hydrogen (secondary N) is 1. The summed E-state index contributed by atoms with van der Waals surface area (Å²) in [6.07, 6.45) is 0.393. The molecule has 0 radical (unpaired) electrons. The molecule has 1 atom stereocenters. The van der Waals surface area contributed by atoms with E-state index in [1.165, 1.54) is 4.90 Å². The molecule has 110 valence electrons. The Morgan fingerprint density at radius 1 is 1.48 bits per heavy atom. The van der Waals surface area contributed by atoms with Crippen molar-refractivity contribution in [1.29, 1.82) is 5.26 Å². The number of amides is 2. The second-order valence-corrected chi connectivity index (χ2v) is 5.06.